The van der Waals surface area contributed by atoms with Gasteiger partial charge in [-0.05, 0) is 26.8 Å². The van der Waals surface area contributed by atoms with Gasteiger partial charge in [0.15, 0.2) is 0 Å². The first-order valence-corrected chi connectivity index (χ1v) is 8.24. The first-order chi connectivity index (χ1) is 10.2. The van der Waals surface area contributed by atoms with E-state index in [1.54, 1.807) is 6.33 Å². The summed E-state index contributed by atoms with van der Waals surface area (Å²) in [5, 5.41) is 3.39. The highest BCUT2D eigenvalue weighted by Gasteiger charge is 2.26. The lowest BCUT2D eigenvalue weighted by Crippen LogP contribution is -2.51. The van der Waals surface area contributed by atoms with E-state index in [1.165, 1.54) is 12.0 Å². The van der Waals surface area contributed by atoms with E-state index >= 15 is 0 Å². The van der Waals surface area contributed by atoms with Crippen molar-refractivity contribution < 1.29 is 0 Å². The van der Waals surface area contributed by atoms with Crippen LogP contribution in [0.5, 0.6) is 0 Å². The van der Waals surface area contributed by atoms with Crippen molar-refractivity contribution in [2.45, 2.75) is 46.1 Å². The summed E-state index contributed by atoms with van der Waals surface area (Å²) in [7, 11) is 2.22. The molecular formula is C16H29N5. The second-order valence-corrected chi connectivity index (χ2v) is 5.79. The lowest BCUT2D eigenvalue weighted by molar-refractivity contribution is 0.212. The van der Waals surface area contributed by atoms with Crippen LogP contribution in [0.2, 0.25) is 0 Å². The van der Waals surface area contributed by atoms with Gasteiger partial charge in [-0.15, -0.1) is 0 Å². The molecule has 21 heavy (non-hydrogen) atoms. The zero-order chi connectivity index (χ0) is 15.2. The Morgan fingerprint density at radius 3 is 2.71 bits per heavy atom. The van der Waals surface area contributed by atoms with Gasteiger partial charge < -0.3 is 10.2 Å². The van der Waals surface area contributed by atoms with E-state index in [0.29, 0.717) is 6.04 Å². The van der Waals surface area contributed by atoms with Gasteiger partial charge in [0.05, 0.1) is 0 Å². The fourth-order valence-electron chi connectivity index (χ4n) is 3.05. The molecule has 5 nitrogen and oxygen atoms in total. The average molecular weight is 291 g/mol. The Morgan fingerprint density at radius 2 is 2.05 bits per heavy atom. The number of piperazine rings is 1. The largest absolute Gasteiger partial charge is 0.370 e. The monoisotopic (exact) mass is 291 g/mol. The molecule has 0 aromatic carbocycles. The van der Waals surface area contributed by atoms with Gasteiger partial charge in [0.2, 0.25) is 0 Å². The van der Waals surface area contributed by atoms with Crippen LogP contribution in [-0.4, -0.2) is 54.1 Å². The second kappa shape index (κ2) is 7.59. The first kappa shape index (κ1) is 16.0. The molecule has 1 atom stereocenters. The van der Waals surface area contributed by atoms with Crippen LogP contribution >= 0.6 is 0 Å². The van der Waals surface area contributed by atoms with E-state index < -0.39 is 0 Å². The van der Waals surface area contributed by atoms with Crippen molar-refractivity contribution in [1.82, 2.24) is 14.9 Å². The van der Waals surface area contributed by atoms with Crippen LogP contribution in [-0.2, 0) is 6.42 Å². The zero-order valence-corrected chi connectivity index (χ0v) is 13.9. The van der Waals surface area contributed by atoms with E-state index in [9.17, 15) is 0 Å². The molecule has 1 aliphatic heterocycles. The van der Waals surface area contributed by atoms with Gasteiger partial charge in [-0.3, -0.25) is 4.90 Å². The minimum atomic E-state index is 0.616. The number of likely N-dealkylation sites (N-methyl/N-ethyl adjacent to an activating group) is 1. The minimum absolute atomic E-state index is 0.616. The van der Waals surface area contributed by atoms with Crippen LogP contribution in [0.25, 0.3) is 0 Å². The third kappa shape index (κ3) is 3.64. The molecule has 1 aromatic rings. The maximum absolute atomic E-state index is 4.61. The molecule has 2 rings (SSSR count). The maximum atomic E-state index is 4.61. The summed E-state index contributed by atoms with van der Waals surface area (Å²) >= 11 is 0. The molecule has 1 fully saturated rings. The Labute approximate surface area is 128 Å². The van der Waals surface area contributed by atoms with Gasteiger partial charge in [0, 0.05) is 37.8 Å². The molecule has 1 saturated heterocycles. The molecule has 1 N–H and O–H groups in total. The number of rotatable bonds is 6. The van der Waals surface area contributed by atoms with Crippen LogP contribution in [0.15, 0.2) is 6.33 Å². The van der Waals surface area contributed by atoms with Gasteiger partial charge in [0.25, 0.3) is 0 Å². The Balaban J connectivity index is 2.27. The molecule has 1 unspecified atom stereocenters. The standard InChI is InChI=1S/C16H29N5/c1-5-8-14-15(17-7-3)18-12-19-16(14)21-10-9-20(4)13(6-2)11-21/h12-13H,5-11H2,1-4H3,(H,17,18,19). The van der Waals surface area contributed by atoms with E-state index in [0.717, 1.165) is 50.7 Å². The number of aromatic nitrogens is 2. The molecule has 0 saturated carbocycles. The third-order valence-corrected chi connectivity index (χ3v) is 4.31. The lowest BCUT2D eigenvalue weighted by atomic mass is 10.1. The van der Waals surface area contributed by atoms with Crippen molar-refractivity contribution in [3.63, 3.8) is 0 Å². The van der Waals surface area contributed by atoms with E-state index in [2.05, 4.69) is 52.9 Å². The molecule has 0 amide bonds. The topological polar surface area (TPSA) is 44.3 Å². The Bertz CT molecular complexity index is 448. The highest BCUT2D eigenvalue weighted by Crippen LogP contribution is 2.27. The quantitative estimate of drug-likeness (QED) is 0.872. The second-order valence-electron chi connectivity index (χ2n) is 5.79. The fourth-order valence-corrected chi connectivity index (χ4v) is 3.05. The average Bonchev–Trinajstić information content (AvgIpc) is 2.50. The first-order valence-electron chi connectivity index (χ1n) is 8.24. The van der Waals surface area contributed by atoms with Crippen LogP contribution in [0.4, 0.5) is 11.6 Å². The third-order valence-electron chi connectivity index (χ3n) is 4.31. The van der Waals surface area contributed by atoms with Gasteiger partial charge >= 0.3 is 0 Å². The summed E-state index contributed by atoms with van der Waals surface area (Å²) in [4.78, 5) is 14.0. The summed E-state index contributed by atoms with van der Waals surface area (Å²) in [6, 6.07) is 0.616. The number of anilines is 2. The smallest absolute Gasteiger partial charge is 0.137 e. The summed E-state index contributed by atoms with van der Waals surface area (Å²) in [5.74, 6) is 2.14. The molecular weight excluding hydrogens is 262 g/mol. The van der Waals surface area contributed by atoms with Gasteiger partial charge in [-0.1, -0.05) is 20.3 Å². The van der Waals surface area contributed by atoms with Gasteiger partial charge in [-0.2, -0.15) is 0 Å². The molecule has 2 heterocycles. The minimum Gasteiger partial charge on any atom is -0.370 e. The van der Waals surface area contributed by atoms with Crippen molar-refractivity contribution in [3.05, 3.63) is 11.9 Å². The van der Waals surface area contributed by atoms with E-state index in [4.69, 9.17) is 0 Å². The Hall–Kier alpha value is -1.36. The fraction of sp³-hybridized carbons (Fsp3) is 0.750. The molecule has 0 aliphatic carbocycles. The van der Waals surface area contributed by atoms with Gasteiger partial charge in [0.1, 0.15) is 18.0 Å². The van der Waals surface area contributed by atoms with Crippen molar-refractivity contribution in [3.8, 4) is 0 Å². The summed E-state index contributed by atoms with van der Waals surface area (Å²) < 4.78 is 0. The molecule has 0 bridgehead atoms. The highest BCUT2D eigenvalue weighted by molar-refractivity contribution is 5.59. The molecule has 118 valence electrons. The van der Waals surface area contributed by atoms with Crippen molar-refractivity contribution in [2.24, 2.45) is 0 Å². The van der Waals surface area contributed by atoms with E-state index in [-0.39, 0.29) is 0 Å². The number of hydrogen-bond donors (Lipinski definition) is 1. The molecule has 1 aliphatic rings. The summed E-state index contributed by atoms with van der Waals surface area (Å²) in [6.45, 7) is 10.7. The Morgan fingerprint density at radius 1 is 1.24 bits per heavy atom. The number of hydrogen-bond acceptors (Lipinski definition) is 5. The number of nitrogens with one attached hydrogen (secondary N) is 1. The highest BCUT2D eigenvalue weighted by atomic mass is 15.3. The van der Waals surface area contributed by atoms with Crippen LogP contribution in [0.3, 0.4) is 0 Å². The van der Waals surface area contributed by atoms with Crippen molar-refractivity contribution in [2.75, 3.05) is 43.4 Å². The summed E-state index contributed by atoms with van der Waals surface area (Å²) in [5.41, 5.74) is 1.28. The maximum Gasteiger partial charge on any atom is 0.137 e. The molecule has 0 radical (unpaired) electrons. The van der Waals surface area contributed by atoms with E-state index in [1.807, 2.05) is 0 Å². The SMILES string of the molecule is CCCc1c(NCC)ncnc1N1CCN(C)C(CC)C1. The van der Waals surface area contributed by atoms with Crippen LogP contribution in [0.1, 0.15) is 39.2 Å². The van der Waals surface area contributed by atoms with Crippen molar-refractivity contribution in [1.29, 1.82) is 0 Å². The molecule has 0 spiro atoms. The predicted octanol–water partition coefficient (Wildman–Crippen LogP) is 2.39. The molecule has 1 aromatic heterocycles. The Kier molecular flexibility index (Phi) is 5.79. The summed E-state index contributed by atoms with van der Waals surface area (Å²) in [6.07, 6.45) is 5.03. The lowest BCUT2D eigenvalue weighted by Gasteiger charge is -2.40. The van der Waals surface area contributed by atoms with Crippen LogP contribution < -0.4 is 10.2 Å². The zero-order valence-electron chi connectivity index (χ0n) is 13.9. The molecule has 5 heteroatoms. The predicted molar refractivity (Wildman–Crippen MR) is 89.1 cm³/mol. The van der Waals surface area contributed by atoms with Gasteiger partial charge in [-0.25, -0.2) is 9.97 Å². The van der Waals surface area contributed by atoms with Crippen LogP contribution in [0, 0.1) is 0 Å². The number of nitrogens with zero attached hydrogens (tertiary/aromatic N) is 4. The van der Waals surface area contributed by atoms with Crippen molar-refractivity contribution >= 4 is 11.6 Å². The normalized spacial score (nSPS) is 19.8.